The molecule has 0 saturated heterocycles. The maximum Gasteiger partial charge on any atom is 0.230 e. The molecule has 0 aliphatic rings. The van der Waals surface area contributed by atoms with Crippen molar-refractivity contribution in [1.29, 1.82) is 0 Å². The van der Waals surface area contributed by atoms with Crippen LogP contribution in [-0.2, 0) is 6.42 Å². The fourth-order valence-corrected chi connectivity index (χ4v) is 2.93. The topological polar surface area (TPSA) is 92.8 Å². The first-order valence-electron chi connectivity index (χ1n) is 9.05. The number of carbonyl (C=O) groups is 1. The zero-order valence-corrected chi connectivity index (χ0v) is 15.9. The SMILES string of the molecule is CCc1cc(Nc2nc(C(=O)c3ccc(F)c(OC)c3)nc3ccccc23)n[nH]1. The number of nitrogens with one attached hydrogen (secondary N) is 2. The van der Waals surface area contributed by atoms with Crippen LogP contribution in [0.25, 0.3) is 10.9 Å². The highest BCUT2D eigenvalue weighted by molar-refractivity contribution is 6.08. The average Bonchev–Trinajstić information content (AvgIpc) is 3.21. The van der Waals surface area contributed by atoms with Gasteiger partial charge in [-0.15, -0.1) is 0 Å². The Bertz CT molecular complexity index is 1200. The Morgan fingerprint density at radius 2 is 2.00 bits per heavy atom. The van der Waals surface area contributed by atoms with E-state index in [4.69, 9.17) is 4.74 Å². The number of ketones is 1. The van der Waals surface area contributed by atoms with Crippen LogP contribution in [0.1, 0.15) is 28.8 Å². The molecule has 0 aliphatic carbocycles. The van der Waals surface area contributed by atoms with E-state index in [1.165, 1.54) is 25.3 Å². The Morgan fingerprint density at radius 1 is 1.17 bits per heavy atom. The molecule has 2 aromatic carbocycles. The van der Waals surface area contributed by atoms with Gasteiger partial charge in [-0.1, -0.05) is 19.1 Å². The summed E-state index contributed by atoms with van der Waals surface area (Å²) in [6, 6.07) is 13.1. The van der Waals surface area contributed by atoms with E-state index >= 15 is 0 Å². The first-order valence-corrected chi connectivity index (χ1v) is 9.05. The van der Waals surface area contributed by atoms with Crippen molar-refractivity contribution in [2.45, 2.75) is 13.3 Å². The normalized spacial score (nSPS) is 10.9. The number of para-hydroxylation sites is 1. The van der Waals surface area contributed by atoms with Crippen molar-refractivity contribution >= 4 is 28.3 Å². The van der Waals surface area contributed by atoms with Crippen LogP contribution in [0.4, 0.5) is 16.0 Å². The third-order valence-electron chi connectivity index (χ3n) is 4.48. The van der Waals surface area contributed by atoms with Crippen LogP contribution in [0.5, 0.6) is 5.75 Å². The van der Waals surface area contributed by atoms with Crippen molar-refractivity contribution in [1.82, 2.24) is 20.2 Å². The quantitative estimate of drug-likeness (QED) is 0.482. The van der Waals surface area contributed by atoms with Crippen molar-refractivity contribution in [2.24, 2.45) is 0 Å². The number of carbonyl (C=O) groups excluding carboxylic acids is 1. The van der Waals surface area contributed by atoms with Gasteiger partial charge >= 0.3 is 0 Å². The van der Waals surface area contributed by atoms with Gasteiger partial charge in [-0.05, 0) is 36.8 Å². The molecule has 0 fully saturated rings. The van der Waals surface area contributed by atoms with Gasteiger partial charge in [0.2, 0.25) is 11.6 Å². The molecule has 4 aromatic rings. The molecule has 0 bridgehead atoms. The van der Waals surface area contributed by atoms with Crippen LogP contribution in [0, 0.1) is 5.82 Å². The molecular weight excluding hydrogens is 373 g/mol. The second kappa shape index (κ2) is 7.67. The summed E-state index contributed by atoms with van der Waals surface area (Å²) in [5.41, 5.74) is 1.81. The summed E-state index contributed by atoms with van der Waals surface area (Å²) < 4.78 is 18.7. The molecule has 0 aliphatic heterocycles. The Balaban J connectivity index is 1.78. The Kier molecular flexibility index (Phi) is 4.90. The van der Waals surface area contributed by atoms with E-state index in [1.807, 2.05) is 31.2 Å². The molecule has 2 aromatic heterocycles. The lowest BCUT2D eigenvalue weighted by molar-refractivity contribution is 0.102. The number of fused-ring (bicyclic) bond motifs is 1. The van der Waals surface area contributed by atoms with Crippen LogP contribution >= 0.6 is 0 Å². The number of aryl methyl sites for hydroxylation is 1. The molecule has 0 radical (unpaired) electrons. The maximum atomic E-state index is 13.7. The summed E-state index contributed by atoms with van der Waals surface area (Å²) in [6.07, 6.45) is 0.815. The van der Waals surface area contributed by atoms with Gasteiger partial charge in [-0.2, -0.15) is 5.10 Å². The Morgan fingerprint density at radius 3 is 2.76 bits per heavy atom. The predicted octanol–water partition coefficient (Wildman–Crippen LogP) is 4.04. The van der Waals surface area contributed by atoms with E-state index in [0.717, 1.165) is 17.5 Å². The maximum absolute atomic E-state index is 13.7. The minimum atomic E-state index is -0.545. The van der Waals surface area contributed by atoms with Gasteiger partial charge < -0.3 is 10.1 Å². The summed E-state index contributed by atoms with van der Waals surface area (Å²) in [7, 11) is 1.34. The highest BCUT2D eigenvalue weighted by Gasteiger charge is 2.18. The van der Waals surface area contributed by atoms with E-state index in [1.54, 1.807) is 6.07 Å². The van der Waals surface area contributed by atoms with Gasteiger partial charge in [0.1, 0.15) is 5.82 Å². The smallest absolute Gasteiger partial charge is 0.230 e. The summed E-state index contributed by atoms with van der Waals surface area (Å²) in [4.78, 5) is 21.8. The van der Waals surface area contributed by atoms with Crippen molar-refractivity contribution in [3.63, 3.8) is 0 Å². The Labute approximate surface area is 166 Å². The largest absolute Gasteiger partial charge is 0.494 e. The van der Waals surface area contributed by atoms with E-state index < -0.39 is 11.6 Å². The van der Waals surface area contributed by atoms with Crippen molar-refractivity contribution in [2.75, 3.05) is 12.4 Å². The Hall–Kier alpha value is -3.81. The number of anilines is 2. The van der Waals surface area contributed by atoms with E-state index in [-0.39, 0.29) is 17.1 Å². The van der Waals surface area contributed by atoms with Crippen LogP contribution in [0.15, 0.2) is 48.5 Å². The molecule has 2 heterocycles. The van der Waals surface area contributed by atoms with Crippen molar-refractivity contribution in [3.8, 4) is 5.75 Å². The number of aromatic amines is 1. The highest BCUT2D eigenvalue weighted by Crippen LogP contribution is 2.25. The fraction of sp³-hybridized carbons (Fsp3) is 0.143. The number of halogens is 1. The number of methoxy groups -OCH3 is 1. The third kappa shape index (κ3) is 3.64. The standard InChI is InChI=1S/C21H18FN5O2/c1-3-13-11-18(27-26-13)24-20-14-6-4-5-7-16(14)23-21(25-20)19(28)12-8-9-15(22)17(10-12)29-2/h4-11H,3H2,1-2H3,(H2,23,24,25,26,27). The number of benzene rings is 2. The summed E-state index contributed by atoms with van der Waals surface area (Å²) in [5.74, 6) is 0.0453. The average molecular weight is 391 g/mol. The van der Waals surface area contributed by atoms with Crippen LogP contribution in [0.2, 0.25) is 0 Å². The monoisotopic (exact) mass is 391 g/mol. The van der Waals surface area contributed by atoms with E-state index in [0.29, 0.717) is 17.2 Å². The predicted molar refractivity (Wildman–Crippen MR) is 107 cm³/mol. The zero-order chi connectivity index (χ0) is 20.4. The van der Waals surface area contributed by atoms with Crippen molar-refractivity contribution in [3.05, 3.63) is 71.4 Å². The number of hydrogen-bond donors (Lipinski definition) is 2. The zero-order valence-electron chi connectivity index (χ0n) is 15.9. The second-order valence-electron chi connectivity index (χ2n) is 6.35. The van der Waals surface area contributed by atoms with Gasteiger partial charge in [0, 0.05) is 22.7 Å². The summed E-state index contributed by atoms with van der Waals surface area (Å²) >= 11 is 0. The minimum absolute atomic E-state index is 0.00823. The first kappa shape index (κ1) is 18.5. The molecule has 29 heavy (non-hydrogen) atoms. The third-order valence-corrected chi connectivity index (χ3v) is 4.48. The van der Waals surface area contributed by atoms with Crippen LogP contribution in [-0.4, -0.2) is 33.1 Å². The highest BCUT2D eigenvalue weighted by atomic mass is 19.1. The summed E-state index contributed by atoms with van der Waals surface area (Å²) in [5, 5.41) is 11.0. The molecular formula is C21H18FN5O2. The number of ether oxygens (including phenoxy) is 1. The number of hydrogen-bond acceptors (Lipinski definition) is 6. The summed E-state index contributed by atoms with van der Waals surface area (Å²) in [6.45, 7) is 2.02. The second-order valence-corrected chi connectivity index (χ2v) is 6.35. The van der Waals surface area contributed by atoms with Gasteiger partial charge in [0.05, 0.1) is 12.6 Å². The minimum Gasteiger partial charge on any atom is -0.494 e. The molecule has 0 amide bonds. The van der Waals surface area contributed by atoms with Crippen molar-refractivity contribution < 1.29 is 13.9 Å². The molecule has 2 N–H and O–H groups in total. The molecule has 0 spiro atoms. The number of rotatable bonds is 6. The van der Waals surface area contributed by atoms with Gasteiger partial charge in [0.25, 0.3) is 0 Å². The van der Waals surface area contributed by atoms with Crippen LogP contribution < -0.4 is 10.1 Å². The van der Waals surface area contributed by atoms with Gasteiger partial charge in [-0.3, -0.25) is 9.89 Å². The number of nitrogens with zero attached hydrogens (tertiary/aromatic N) is 3. The lowest BCUT2D eigenvalue weighted by atomic mass is 10.1. The number of H-pyrrole nitrogens is 1. The van der Waals surface area contributed by atoms with Crippen LogP contribution in [0.3, 0.4) is 0 Å². The molecule has 146 valence electrons. The molecule has 0 unspecified atom stereocenters. The lowest BCUT2D eigenvalue weighted by Crippen LogP contribution is -2.10. The fourth-order valence-electron chi connectivity index (χ4n) is 2.93. The molecule has 0 saturated carbocycles. The first-order chi connectivity index (χ1) is 14.1. The van der Waals surface area contributed by atoms with E-state index in [9.17, 15) is 9.18 Å². The molecule has 0 atom stereocenters. The number of aromatic nitrogens is 4. The lowest BCUT2D eigenvalue weighted by Gasteiger charge is -2.09. The van der Waals surface area contributed by atoms with Gasteiger partial charge in [-0.25, -0.2) is 14.4 Å². The van der Waals surface area contributed by atoms with E-state index in [2.05, 4.69) is 25.5 Å². The molecule has 4 rings (SSSR count). The van der Waals surface area contributed by atoms with Gasteiger partial charge in [0.15, 0.2) is 17.4 Å². The molecule has 7 nitrogen and oxygen atoms in total. The molecule has 8 heteroatoms.